The van der Waals surface area contributed by atoms with E-state index in [0.717, 1.165) is 32.2 Å². The van der Waals surface area contributed by atoms with Gasteiger partial charge in [-0.25, -0.2) is 9.09 Å². The molecule has 2 aliphatic heterocycles. The molecule has 3 aliphatic rings. The first-order chi connectivity index (χ1) is 16.6. The minimum Gasteiger partial charge on any atom is -0.469 e. The molecule has 1 N–H and O–H groups in total. The van der Waals surface area contributed by atoms with E-state index in [9.17, 15) is 18.9 Å². The van der Waals surface area contributed by atoms with Crippen LogP contribution in [-0.2, 0) is 42.0 Å². The van der Waals surface area contributed by atoms with Crippen molar-refractivity contribution in [3.63, 3.8) is 0 Å². The summed E-state index contributed by atoms with van der Waals surface area (Å²) in [5, 5.41) is 2.57. The molecule has 12 heteroatoms. The number of amides is 1. The van der Waals surface area contributed by atoms with Gasteiger partial charge < -0.3 is 19.7 Å². The van der Waals surface area contributed by atoms with Gasteiger partial charge in [-0.15, -0.1) is 0 Å². The molecular weight excluding hydrogens is 479 g/mol. The molecule has 3 fully saturated rings. The Hall–Kier alpha value is -1.52. The zero-order valence-corrected chi connectivity index (χ0v) is 21.9. The lowest BCUT2D eigenvalue weighted by molar-refractivity contribution is -0.161. The first-order valence-electron chi connectivity index (χ1n) is 12.4. The molecule has 11 nitrogen and oxygen atoms in total. The number of hydrogen-bond donors (Lipinski definition) is 1. The fourth-order valence-electron chi connectivity index (χ4n) is 4.75. The molecule has 200 valence electrons. The molecular formula is C23H39N2O9P. The van der Waals surface area contributed by atoms with Gasteiger partial charge in [0.05, 0.1) is 26.1 Å². The Bertz CT molecular complexity index is 792. The molecule has 0 aromatic rings. The number of rotatable bonds is 10. The quantitative estimate of drug-likeness (QED) is 0.262. The molecule has 0 bridgehead atoms. The van der Waals surface area contributed by atoms with Crippen LogP contribution in [0, 0.1) is 17.3 Å². The van der Waals surface area contributed by atoms with Gasteiger partial charge in [0.1, 0.15) is 0 Å². The van der Waals surface area contributed by atoms with Crippen molar-refractivity contribution in [2.24, 2.45) is 17.3 Å². The van der Waals surface area contributed by atoms with Crippen molar-refractivity contribution in [1.82, 2.24) is 10.2 Å². The maximum absolute atomic E-state index is 12.9. The van der Waals surface area contributed by atoms with Crippen LogP contribution in [0.25, 0.3) is 0 Å². The molecule has 0 aromatic carbocycles. The van der Waals surface area contributed by atoms with E-state index >= 15 is 0 Å². The SMILES string of the molecule is COC(=O)CCNC(=O)[C@@H]1OP(=O)(OCOC(=O)C2CCC(CN3CCCC3)CC2)OCC1(C)C. The van der Waals surface area contributed by atoms with Crippen molar-refractivity contribution in [3.05, 3.63) is 0 Å². The third-order valence-electron chi connectivity index (χ3n) is 6.94. The van der Waals surface area contributed by atoms with Crippen LogP contribution < -0.4 is 5.32 Å². The molecule has 1 amide bonds. The summed E-state index contributed by atoms with van der Waals surface area (Å²) in [5.41, 5.74) is -0.795. The average Bonchev–Trinajstić information content (AvgIpc) is 3.34. The number of hydrogen-bond acceptors (Lipinski definition) is 10. The average molecular weight is 519 g/mol. The van der Waals surface area contributed by atoms with Crippen molar-refractivity contribution < 1.29 is 42.0 Å². The van der Waals surface area contributed by atoms with Crippen LogP contribution in [0.1, 0.15) is 58.8 Å². The van der Waals surface area contributed by atoms with Gasteiger partial charge in [0.15, 0.2) is 6.10 Å². The van der Waals surface area contributed by atoms with Crippen molar-refractivity contribution in [3.8, 4) is 0 Å². The molecule has 3 rings (SSSR count). The predicted molar refractivity (Wildman–Crippen MR) is 125 cm³/mol. The van der Waals surface area contributed by atoms with Gasteiger partial charge in [0.2, 0.25) is 12.7 Å². The Morgan fingerprint density at radius 2 is 1.80 bits per heavy atom. The number of likely N-dealkylation sites (tertiary alicyclic amines) is 1. The summed E-state index contributed by atoms with van der Waals surface area (Å²) in [7, 11) is -2.86. The molecule has 1 aliphatic carbocycles. The zero-order valence-electron chi connectivity index (χ0n) is 21.0. The lowest BCUT2D eigenvalue weighted by Crippen LogP contribution is -2.50. The van der Waals surface area contributed by atoms with Crippen molar-refractivity contribution in [2.75, 3.05) is 46.7 Å². The highest BCUT2D eigenvalue weighted by Gasteiger charge is 2.49. The van der Waals surface area contributed by atoms with Gasteiger partial charge in [-0.05, 0) is 57.5 Å². The standard InChI is InChI=1S/C23H39N2O9P/c1-23(2)15-32-35(29,34-20(23)21(27)24-11-10-19(26)30-3)33-16-31-22(28)18-8-6-17(7-9-18)14-25-12-4-5-13-25/h17-18,20H,4-16H2,1-3H3,(H,24,27)/t17?,18?,20-,35?/m0/s1. The molecule has 2 saturated heterocycles. The van der Waals surface area contributed by atoms with Crippen LogP contribution in [0.15, 0.2) is 0 Å². The second-order valence-electron chi connectivity index (χ2n) is 10.2. The topological polar surface area (TPSA) is 130 Å². The van der Waals surface area contributed by atoms with Crippen LogP contribution in [0.3, 0.4) is 0 Å². The molecule has 2 heterocycles. The highest BCUT2D eigenvalue weighted by molar-refractivity contribution is 7.48. The molecule has 1 unspecified atom stereocenters. The minimum absolute atomic E-state index is 0.00380. The fourth-order valence-corrected chi connectivity index (χ4v) is 6.26. The zero-order chi connectivity index (χ0) is 25.5. The first-order valence-corrected chi connectivity index (χ1v) is 13.9. The summed E-state index contributed by atoms with van der Waals surface area (Å²) in [4.78, 5) is 38.8. The second kappa shape index (κ2) is 12.6. The number of nitrogens with zero attached hydrogens (tertiary/aromatic N) is 1. The summed E-state index contributed by atoms with van der Waals surface area (Å²) < 4.78 is 38.6. The van der Waals surface area contributed by atoms with Crippen molar-refractivity contribution in [1.29, 1.82) is 0 Å². The van der Waals surface area contributed by atoms with Gasteiger partial charge in [0.25, 0.3) is 0 Å². The molecule has 0 radical (unpaired) electrons. The molecule has 0 spiro atoms. The normalized spacial score (nSPS) is 31.0. The summed E-state index contributed by atoms with van der Waals surface area (Å²) in [6.07, 6.45) is 4.92. The number of ether oxygens (including phenoxy) is 2. The Labute approximate surface area is 207 Å². The van der Waals surface area contributed by atoms with Crippen LogP contribution in [0.5, 0.6) is 0 Å². The maximum atomic E-state index is 12.9. The minimum atomic E-state index is -4.12. The van der Waals surface area contributed by atoms with E-state index < -0.39 is 38.0 Å². The van der Waals surface area contributed by atoms with Gasteiger partial charge in [-0.1, -0.05) is 13.8 Å². The van der Waals surface area contributed by atoms with Gasteiger partial charge in [0, 0.05) is 18.5 Å². The Kier molecular flexibility index (Phi) is 10.1. The van der Waals surface area contributed by atoms with Crippen LogP contribution in [0.4, 0.5) is 0 Å². The Balaban J connectivity index is 1.40. The number of esters is 2. The van der Waals surface area contributed by atoms with E-state index in [-0.39, 0.29) is 31.5 Å². The molecule has 2 atom stereocenters. The molecule has 0 aromatic heterocycles. The highest BCUT2D eigenvalue weighted by Crippen LogP contribution is 2.57. The van der Waals surface area contributed by atoms with E-state index in [0.29, 0.717) is 5.92 Å². The molecule has 1 saturated carbocycles. The highest BCUT2D eigenvalue weighted by atomic mass is 31.2. The molecule has 35 heavy (non-hydrogen) atoms. The van der Waals surface area contributed by atoms with E-state index in [2.05, 4.69) is 15.0 Å². The second-order valence-corrected chi connectivity index (χ2v) is 11.9. The third-order valence-corrected chi connectivity index (χ3v) is 8.28. The third kappa shape index (κ3) is 8.25. The maximum Gasteiger partial charge on any atom is 0.478 e. The van der Waals surface area contributed by atoms with Crippen LogP contribution in [-0.4, -0.2) is 75.5 Å². The number of methoxy groups -OCH3 is 1. The van der Waals surface area contributed by atoms with Crippen LogP contribution >= 0.6 is 7.82 Å². The summed E-state index contributed by atoms with van der Waals surface area (Å²) in [6, 6.07) is 0. The number of phosphoric ester groups is 1. The first kappa shape index (κ1) is 28.1. The van der Waals surface area contributed by atoms with Crippen molar-refractivity contribution in [2.45, 2.75) is 64.9 Å². The smallest absolute Gasteiger partial charge is 0.469 e. The van der Waals surface area contributed by atoms with Gasteiger partial charge in [-0.2, -0.15) is 0 Å². The summed E-state index contributed by atoms with van der Waals surface area (Å²) >= 11 is 0. The van der Waals surface area contributed by atoms with E-state index in [1.54, 1.807) is 13.8 Å². The van der Waals surface area contributed by atoms with Gasteiger partial charge >= 0.3 is 19.8 Å². The largest absolute Gasteiger partial charge is 0.478 e. The number of carbonyl (C=O) groups is 3. The Morgan fingerprint density at radius 3 is 2.46 bits per heavy atom. The lowest BCUT2D eigenvalue weighted by Gasteiger charge is -2.39. The van der Waals surface area contributed by atoms with Gasteiger partial charge in [-0.3, -0.25) is 23.4 Å². The van der Waals surface area contributed by atoms with E-state index in [1.165, 1.54) is 33.0 Å². The number of nitrogens with one attached hydrogen (secondary N) is 1. The fraction of sp³-hybridized carbons (Fsp3) is 0.870. The number of carbonyl (C=O) groups excluding carboxylic acids is 3. The van der Waals surface area contributed by atoms with E-state index in [1.807, 2.05) is 0 Å². The van der Waals surface area contributed by atoms with Crippen LogP contribution in [0.2, 0.25) is 0 Å². The van der Waals surface area contributed by atoms with E-state index in [4.69, 9.17) is 18.3 Å². The summed E-state index contributed by atoms with van der Waals surface area (Å²) in [5.74, 6) is -0.977. The number of phosphoric acid groups is 1. The predicted octanol–water partition coefficient (Wildman–Crippen LogP) is 2.63. The lowest BCUT2D eigenvalue weighted by atomic mass is 9.82. The Morgan fingerprint density at radius 1 is 1.11 bits per heavy atom. The monoisotopic (exact) mass is 518 g/mol. The van der Waals surface area contributed by atoms with Crippen molar-refractivity contribution >= 4 is 25.7 Å². The summed E-state index contributed by atoms with van der Waals surface area (Å²) in [6.45, 7) is 6.31.